The van der Waals surface area contributed by atoms with E-state index >= 15 is 0 Å². The average molecular weight is 175 g/mol. The zero-order chi connectivity index (χ0) is 2.00. The molecule has 0 aromatic heterocycles. The number of rotatable bonds is 0. The van der Waals surface area contributed by atoms with Gasteiger partial charge in [0, 0.05) is 34.1 Å². The first kappa shape index (κ1) is 17.7. The Bertz CT molecular complexity index is 8.00. The second-order valence-corrected chi connectivity index (χ2v) is 0. The van der Waals surface area contributed by atoms with Crippen molar-refractivity contribution in [2.75, 3.05) is 0 Å². The fourth-order valence-electron chi connectivity index (χ4n) is 0. The van der Waals surface area contributed by atoms with Crippen LogP contribution in [-0.4, -0.2) is 0 Å². The third-order valence-corrected chi connectivity index (χ3v) is 0. The summed E-state index contributed by atoms with van der Waals surface area (Å²) in [5.41, 5.74) is 0. The molecule has 0 unspecified atom stereocenters. The van der Waals surface area contributed by atoms with Crippen LogP contribution >= 0.6 is 0 Å². The minimum absolute atomic E-state index is 0. The van der Waals surface area contributed by atoms with Gasteiger partial charge in [-0.25, -0.2) is 0 Å². The Labute approximate surface area is 57.6 Å². The summed E-state index contributed by atoms with van der Waals surface area (Å²) in [5.74, 6) is 0. The van der Waals surface area contributed by atoms with Crippen molar-refractivity contribution in [1.82, 2.24) is 0 Å². The van der Waals surface area contributed by atoms with Crippen LogP contribution in [0, 0.1) is 0 Å². The summed E-state index contributed by atoms with van der Waals surface area (Å²) in [5, 5.41) is 0. The third-order valence-electron chi connectivity index (χ3n) is 0. The number of hydrogen-bond acceptors (Lipinski definition) is 1. The molecule has 25 valence electrons. The molecule has 0 saturated heterocycles. The summed E-state index contributed by atoms with van der Waals surface area (Å²) in [6, 6.07) is 0. The van der Waals surface area contributed by atoms with Crippen molar-refractivity contribution in [2.24, 2.45) is 0 Å². The summed E-state index contributed by atoms with van der Waals surface area (Å²) < 4.78 is 8.25. The standard InChI is InChI=1S/Co.Cr.O.Ti. The molecule has 0 spiro atoms. The van der Waals surface area contributed by atoms with Gasteiger partial charge in [0.15, 0.2) is 0 Å². The monoisotopic (exact) mass is 175 g/mol. The van der Waals surface area contributed by atoms with E-state index < -0.39 is 0 Å². The summed E-state index contributed by atoms with van der Waals surface area (Å²) >= 11 is 0.750. The van der Waals surface area contributed by atoms with Crippen molar-refractivity contribution < 1.29 is 57.9 Å². The van der Waals surface area contributed by atoms with Crippen LogP contribution in [0.1, 0.15) is 0 Å². The van der Waals surface area contributed by atoms with Gasteiger partial charge in [0.1, 0.15) is 0 Å². The molecule has 0 N–H and O–H groups in total. The van der Waals surface area contributed by atoms with E-state index in [1.807, 2.05) is 0 Å². The molecule has 0 saturated carbocycles. The van der Waals surface area contributed by atoms with Crippen LogP contribution in [0.2, 0.25) is 0 Å². The second-order valence-electron chi connectivity index (χ2n) is 0. The fraction of sp³-hybridized carbons (Fsp3) is 0. The van der Waals surface area contributed by atoms with Crippen LogP contribution < -0.4 is 0 Å². The van der Waals surface area contributed by atoms with Crippen molar-refractivity contribution >= 4 is 0 Å². The van der Waals surface area contributed by atoms with Gasteiger partial charge in [-0.3, -0.25) is 0 Å². The van der Waals surface area contributed by atoms with Crippen LogP contribution in [0.25, 0.3) is 0 Å². The molecule has 1 nitrogen and oxygen atoms in total. The van der Waals surface area contributed by atoms with E-state index in [4.69, 9.17) is 3.32 Å². The maximum absolute atomic E-state index is 8.25. The molecule has 0 aliphatic rings. The quantitative estimate of drug-likeness (QED) is 0.468. The van der Waals surface area contributed by atoms with Crippen molar-refractivity contribution in [3.63, 3.8) is 0 Å². The van der Waals surface area contributed by atoms with Gasteiger partial charge in [-0.1, -0.05) is 0 Å². The van der Waals surface area contributed by atoms with E-state index in [0.717, 1.165) is 20.4 Å². The molecule has 0 amide bonds. The molecule has 4 heteroatoms. The second kappa shape index (κ2) is 23.8. The van der Waals surface area contributed by atoms with Crippen molar-refractivity contribution in [3.05, 3.63) is 0 Å². The van der Waals surface area contributed by atoms with E-state index in [1.54, 1.807) is 0 Å². The van der Waals surface area contributed by atoms with Gasteiger partial charge < -0.3 is 0 Å². The molecule has 1 radical (unpaired) electrons. The first-order valence-electron chi connectivity index (χ1n) is 0.204. The molecule has 0 rings (SSSR count). The molecular weight excluding hydrogens is 175 g/mol. The summed E-state index contributed by atoms with van der Waals surface area (Å²) in [6.45, 7) is 0. The van der Waals surface area contributed by atoms with E-state index in [1.165, 1.54) is 0 Å². The topological polar surface area (TPSA) is 17.1 Å². The maximum atomic E-state index is 8.25. The van der Waals surface area contributed by atoms with Crippen LogP contribution in [0.5, 0.6) is 0 Å². The van der Waals surface area contributed by atoms with E-state index in [-0.39, 0.29) is 34.1 Å². The Morgan fingerprint density at radius 1 is 1.25 bits per heavy atom. The first-order chi connectivity index (χ1) is 1.00. The predicted molar refractivity (Wildman–Crippen MR) is 0.686 cm³/mol. The van der Waals surface area contributed by atoms with E-state index in [0.29, 0.717) is 0 Å². The molecular formula is CoCrOTi. The molecule has 0 aliphatic heterocycles. The van der Waals surface area contributed by atoms with Crippen molar-refractivity contribution in [1.29, 1.82) is 0 Å². The predicted octanol–water partition coefficient (Wildman–Crippen LogP) is -0.126. The van der Waals surface area contributed by atoms with Gasteiger partial charge in [0.25, 0.3) is 0 Å². The zero-order valence-corrected chi connectivity index (χ0v) is 5.53. The van der Waals surface area contributed by atoms with Gasteiger partial charge in [-0.2, -0.15) is 0 Å². The van der Waals surface area contributed by atoms with E-state index in [2.05, 4.69) is 0 Å². The first-order valence-corrected chi connectivity index (χ1v) is 0.842. The normalized spacial score (nSPS) is 0.750. The Balaban J connectivity index is -0.00000000500. The van der Waals surface area contributed by atoms with Gasteiger partial charge in [0.05, 0.1) is 0 Å². The number of hydrogen-bond donors (Lipinski definition) is 0. The Morgan fingerprint density at radius 3 is 1.25 bits per heavy atom. The molecule has 0 aromatic carbocycles. The Morgan fingerprint density at radius 2 is 1.25 bits per heavy atom. The minimum atomic E-state index is 0. The van der Waals surface area contributed by atoms with Crippen LogP contribution in [0.4, 0.5) is 0 Å². The Hall–Kier alpha value is 1.55. The summed E-state index contributed by atoms with van der Waals surface area (Å²) in [6.07, 6.45) is 0. The van der Waals surface area contributed by atoms with Gasteiger partial charge in [-0.05, 0) is 0 Å². The van der Waals surface area contributed by atoms with Gasteiger partial charge in [-0.15, -0.1) is 0 Å². The molecule has 0 bridgehead atoms. The average Bonchev–Trinajstić information content (AvgIpc) is 1.00. The molecule has 0 heterocycles. The van der Waals surface area contributed by atoms with Crippen molar-refractivity contribution in [3.8, 4) is 0 Å². The molecule has 0 atom stereocenters. The Kier molecular flexibility index (Phi) is 105. The summed E-state index contributed by atoms with van der Waals surface area (Å²) in [4.78, 5) is 0. The van der Waals surface area contributed by atoms with Crippen LogP contribution in [0.3, 0.4) is 0 Å². The molecule has 0 aliphatic carbocycles. The summed E-state index contributed by atoms with van der Waals surface area (Å²) in [7, 11) is 0. The van der Waals surface area contributed by atoms with Crippen LogP contribution in [0.15, 0.2) is 0 Å². The zero-order valence-electron chi connectivity index (χ0n) is 1.65. The molecule has 0 fully saturated rings. The van der Waals surface area contributed by atoms with Crippen LogP contribution in [-0.2, 0) is 57.9 Å². The van der Waals surface area contributed by atoms with Gasteiger partial charge in [0.2, 0.25) is 0 Å². The SMILES string of the molecule is [Co].[Cr].[O]=[Ti]. The van der Waals surface area contributed by atoms with Crippen molar-refractivity contribution in [2.45, 2.75) is 0 Å². The third kappa shape index (κ3) is 9.60. The fourth-order valence-corrected chi connectivity index (χ4v) is 0. The van der Waals surface area contributed by atoms with E-state index in [9.17, 15) is 0 Å². The van der Waals surface area contributed by atoms with Gasteiger partial charge >= 0.3 is 23.7 Å². The molecule has 4 heavy (non-hydrogen) atoms. The molecule has 0 aromatic rings.